The predicted molar refractivity (Wildman–Crippen MR) is 45.7 cm³/mol. The van der Waals surface area contributed by atoms with Gasteiger partial charge in [0.1, 0.15) is 0 Å². The van der Waals surface area contributed by atoms with Gasteiger partial charge in [-0.2, -0.15) is 13.2 Å². The van der Waals surface area contributed by atoms with Crippen LogP contribution in [0.25, 0.3) is 0 Å². The summed E-state index contributed by atoms with van der Waals surface area (Å²) in [5.41, 5.74) is 2.12. The highest BCUT2D eigenvalue weighted by molar-refractivity contribution is 5.78. The van der Waals surface area contributed by atoms with Crippen molar-refractivity contribution in [3.63, 3.8) is 0 Å². The second kappa shape index (κ2) is 4.35. The van der Waals surface area contributed by atoms with E-state index in [-0.39, 0.29) is 12.4 Å². The number of hydrogen-bond acceptors (Lipinski definition) is 4. The lowest BCUT2D eigenvalue weighted by Crippen LogP contribution is -2.20. The molecule has 18 heavy (non-hydrogen) atoms. The molecule has 0 aromatic carbocycles. The normalized spacial score (nSPS) is 12.3. The van der Waals surface area contributed by atoms with Crippen LogP contribution in [0, 0.1) is 0 Å². The lowest BCUT2D eigenvalue weighted by molar-refractivity contribution is -0.274. The highest BCUT2D eigenvalue weighted by Gasteiger charge is 2.38. The Morgan fingerprint density at radius 2 is 1.78 bits per heavy atom. The van der Waals surface area contributed by atoms with E-state index in [1.165, 1.54) is 0 Å². The van der Waals surface area contributed by atoms with Crippen LogP contribution >= 0.6 is 0 Å². The highest BCUT2D eigenvalue weighted by atomic mass is 19.4. The highest BCUT2D eigenvalue weighted by Crippen LogP contribution is 2.35. The van der Waals surface area contributed by atoms with E-state index in [4.69, 9.17) is 5.73 Å². The SMILES string of the molecule is Nc1nc(C(F)(F)F)c(C=O)cc1OC(F)(F)F. The van der Waals surface area contributed by atoms with Crippen LogP contribution in [0.4, 0.5) is 32.2 Å². The second-order valence-corrected chi connectivity index (χ2v) is 2.97. The maximum Gasteiger partial charge on any atom is 0.573 e. The topological polar surface area (TPSA) is 65.2 Å². The summed E-state index contributed by atoms with van der Waals surface area (Å²) in [6.45, 7) is 0. The lowest BCUT2D eigenvalue weighted by Gasteiger charge is -2.14. The number of carbonyl (C=O) groups is 1. The molecule has 1 aromatic heterocycles. The minimum atomic E-state index is -5.16. The molecule has 0 aliphatic rings. The summed E-state index contributed by atoms with van der Waals surface area (Å²) in [6.07, 6.45) is -10.5. The first-order chi connectivity index (χ1) is 8.04. The molecule has 2 N–H and O–H groups in total. The van der Waals surface area contributed by atoms with Crippen LogP contribution in [0.15, 0.2) is 6.07 Å². The van der Waals surface area contributed by atoms with Crippen molar-refractivity contribution in [2.75, 3.05) is 5.73 Å². The van der Waals surface area contributed by atoms with Crippen molar-refractivity contribution in [1.29, 1.82) is 0 Å². The Hall–Kier alpha value is -2.00. The molecular weight excluding hydrogens is 270 g/mol. The number of aldehydes is 1. The molecule has 4 nitrogen and oxygen atoms in total. The quantitative estimate of drug-likeness (QED) is 0.664. The zero-order chi connectivity index (χ0) is 14.1. The number of nitrogens with zero attached hydrogens (tertiary/aromatic N) is 1. The number of nitrogens with two attached hydrogens (primary N) is 1. The number of pyridine rings is 1. The van der Waals surface area contributed by atoms with E-state index >= 15 is 0 Å². The van der Waals surface area contributed by atoms with Crippen molar-refractivity contribution in [1.82, 2.24) is 4.98 Å². The van der Waals surface area contributed by atoms with Crippen molar-refractivity contribution in [3.8, 4) is 5.75 Å². The van der Waals surface area contributed by atoms with Crippen LogP contribution in [0.1, 0.15) is 16.1 Å². The Balaban J connectivity index is 3.32. The Morgan fingerprint density at radius 1 is 1.22 bits per heavy atom. The van der Waals surface area contributed by atoms with E-state index in [0.29, 0.717) is 0 Å². The van der Waals surface area contributed by atoms with E-state index in [9.17, 15) is 31.1 Å². The largest absolute Gasteiger partial charge is 0.573 e. The summed E-state index contributed by atoms with van der Waals surface area (Å²) in [4.78, 5) is 13.1. The summed E-state index contributed by atoms with van der Waals surface area (Å²) >= 11 is 0. The zero-order valence-corrected chi connectivity index (χ0v) is 8.26. The van der Waals surface area contributed by atoms with E-state index in [0.717, 1.165) is 0 Å². The molecule has 1 heterocycles. The van der Waals surface area contributed by atoms with Gasteiger partial charge in [0.05, 0.1) is 0 Å². The molecule has 0 amide bonds. The Labute approximate surface area is 95.4 Å². The number of nitrogen functional groups attached to an aromatic ring is 1. The molecule has 0 saturated carbocycles. The van der Waals surface area contributed by atoms with Crippen molar-refractivity contribution in [3.05, 3.63) is 17.3 Å². The number of hydrogen-bond donors (Lipinski definition) is 1. The minimum Gasteiger partial charge on any atom is -0.402 e. The molecule has 0 unspecified atom stereocenters. The molecule has 0 saturated heterocycles. The van der Waals surface area contributed by atoms with Crippen molar-refractivity contribution in [2.24, 2.45) is 0 Å². The van der Waals surface area contributed by atoms with Gasteiger partial charge in [0, 0.05) is 5.56 Å². The minimum absolute atomic E-state index is 0.228. The number of halogens is 6. The van der Waals surface area contributed by atoms with Gasteiger partial charge < -0.3 is 10.5 Å². The van der Waals surface area contributed by atoms with Gasteiger partial charge >= 0.3 is 12.5 Å². The summed E-state index contributed by atoms with van der Waals surface area (Å²) in [5.74, 6) is -2.29. The average molecular weight is 274 g/mol. The number of rotatable bonds is 2. The van der Waals surface area contributed by atoms with Gasteiger partial charge in [-0.25, -0.2) is 4.98 Å². The van der Waals surface area contributed by atoms with Crippen molar-refractivity contribution in [2.45, 2.75) is 12.5 Å². The summed E-state index contributed by atoms with van der Waals surface area (Å²) in [5, 5.41) is 0. The van der Waals surface area contributed by atoms with Crippen LogP contribution in [0.2, 0.25) is 0 Å². The van der Waals surface area contributed by atoms with Gasteiger partial charge in [-0.05, 0) is 6.07 Å². The molecule has 0 radical (unpaired) electrons. The molecule has 1 aromatic rings. The number of anilines is 1. The number of ether oxygens (including phenoxy) is 1. The summed E-state index contributed by atoms with van der Waals surface area (Å²) < 4.78 is 76.0. The molecule has 0 atom stereocenters. The fourth-order valence-corrected chi connectivity index (χ4v) is 1.05. The fraction of sp³-hybridized carbons (Fsp3) is 0.250. The third kappa shape index (κ3) is 3.25. The Bertz CT molecular complexity index is 468. The molecule has 100 valence electrons. The van der Waals surface area contributed by atoms with Gasteiger partial charge in [-0.3, -0.25) is 4.79 Å². The first kappa shape index (κ1) is 14.1. The van der Waals surface area contributed by atoms with Gasteiger partial charge in [-0.1, -0.05) is 0 Å². The molecule has 0 spiro atoms. The standard InChI is InChI=1S/C8H4F6N2O2/c9-7(10,11)5-3(2-17)1-4(6(15)16-5)18-8(12,13)14/h1-2H,(H2,15,16). The monoisotopic (exact) mass is 274 g/mol. The van der Waals surface area contributed by atoms with E-state index in [2.05, 4.69) is 9.72 Å². The fourth-order valence-electron chi connectivity index (χ4n) is 1.05. The molecule has 0 aliphatic heterocycles. The number of aromatic nitrogens is 1. The van der Waals surface area contributed by atoms with Crippen LogP contribution in [0.5, 0.6) is 5.75 Å². The van der Waals surface area contributed by atoms with Gasteiger partial charge in [-0.15, -0.1) is 13.2 Å². The summed E-state index contributed by atoms with van der Waals surface area (Å²) in [7, 11) is 0. The third-order valence-electron chi connectivity index (χ3n) is 1.67. The Morgan fingerprint density at radius 3 is 2.17 bits per heavy atom. The van der Waals surface area contributed by atoms with Crippen LogP contribution < -0.4 is 10.5 Å². The van der Waals surface area contributed by atoms with Crippen LogP contribution in [-0.4, -0.2) is 17.6 Å². The predicted octanol–water partition coefficient (Wildman–Crippen LogP) is 2.39. The molecule has 0 aliphatic carbocycles. The molecular formula is C8H4F6N2O2. The van der Waals surface area contributed by atoms with Gasteiger partial charge in [0.15, 0.2) is 23.5 Å². The summed E-state index contributed by atoms with van der Waals surface area (Å²) in [6, 6.07) is 0.228. The number of alkyl halides is 6. The zero-order valence-electron chi connectivity index (χ0n) is 8.26. The lowest BCUT2D eigenvalue weighted by atomic mass is 10.2. The molecule has 0 bridgehead atoms. The van der Waals surface area contributed by atoms with Crippen LogP contribution in [0.3, 0.4) is 0 Å². The van der Waals surface area contributed by atoms with Crippen molar-refractivity contribution < 1.29 is 35.9 Å². The maximum atomic E-state index is 12.3. The first-order valence-corrected chi connectivity index (χ1v) is 4.13. The smallest absolute Gasteiger partial charge is 0.402 e. The third-order valence-corrected chi connectivity index (χ3v) is 1.67. The van der Waals surface area contributed by atoms with E-state index in [1.54, 1.807) is 0 Å². The first-order valence-electron chi connectivity index (χ1n) is 4.13. The van der Waals surface area contributed by atoms with Crippen molar-refractivity contribution >= 4 is 12.1 Å². The number of carbonyl (C=O) groups excluding carboxylic acids is 1. The van der Waals surface area contributed by atoms with E-state index in [1.807, 2.05) is 0 Å². The van der Waals surface area contributed by atoms with Gasteiger partial charge in [0.2, 0.25) is 0 Å². The second-order valence-electron chi connectivity index (χ2n) is 2.97. The molecule has 0 fully saturated rings. The van der Waals surface area contributed by atoms with Crippen LogP contribution in [-0.2, 0) is 6.18 Å². The van der Waals surface area contributed by atoms with E-state index < -0.39 is 35.4 Å². The Kier molecular flexibility index (Phi) is 3.40. The van der Waals surface area contributed by atoms with Gasteiger partial charge in [0.25, 0.3) is 0 Å². The molecule has 10 heteroatoms. The maximum absolute atomic E-state index is 12.3. The average Bonchev–Trinajstić information content (AvgIpc) is 2.17. The molecule has 1 rings (SSSR count).